The summed E-state index contributed by atoms with van der Waals surface area (Å²) in [5.41, 5.74) is 6.20. The lowest BCUT2D eigenvalue weighted by Crippen LogP contribution is -2.23. The number of esters is 1. The maximum absolute atomic E-state index is 12.7. The molecule has 0 fully saturated rings. The molecule has 0 unspecified atom stereocenters. The summed E-state index contributed by atoms with van der Waals surface area (Å²) in [6, 6.07) is 28.3. The monoisotopic (exact) mass is 439 g/mol. The number of carbonyl (C=O) groups excluding carboxylic acids is 1. The zero-order chi connectivity index (χ0) is 22.3. The van der Waals surface area contributed by atoms with Crippen LogP contribution in [-0.2, 0) is 0 Å². The molecule has 2 N–H and O–H groups in total. The van der Waals surface area contributed by atoms with Crippen molar-refractivity contribution >= 4 is 46.0 Å². The summed E-state index contributed by atoms with van der Waals surface area (Å²) >= 11 is 5.25. The molecule has 0 saturated carbocycles. The summed E-state index contributed by atoms with van der Waals surface area (Å²) in [4.78, 5) is 12.7. The van der Waals surface area contributed by atoms with Crippen LogP contribution in [-0.4, -0.2) is 17.3 Å². The molecule has 0 aliphatic carbocycles. The number of nitrogens with zero attached hydrogens (tertiary/aromatic N) is 1. The number of benzene rings is 4. The van der Waals surface area contributed by atoms with Crippen molar-refractivity contribution in [3.8, 4) is 5.75 Å². The molecule has 0 atom stereocenters. The number of nitrogens with one attached hydrogen (secondary N) is 2. The normalized spacial score (nSPS) is 10.8. The molecular formula is C26H21N3O2S. The highest BCUT2D eigenvalue weighted by Gasteiger charge is 2.12. The van der Waals surface area contributed by atoms with Gasteiger partial charge in [-0.05, 0) is 83.5 Å². The van der Waals surface area contributed by atoms with Crippen molar-refractivity contribution in [1.29, 1.82) is 0 Å². The smallest absolute Gasteiger partial charge is 0.344 e. The summed E-state index contributed by atoms with van der Waals surface area (Å²) in [5.74, 6) is 0.0714. The lowest BCUT2D eigenvalue weighted by Gasteiger charge is -2.08. The van der Waals surface area contributed by atoms with Gasteiger partial charge in [0, 0.05) is 5.69 Å². The van der Waals surface area contributed by atoms with Crippen LogP contribution in [0, 0.1) is 6.92 Å². The van der Waals surface area contributed by atoms with Crippen LogP contribution in [0.4, 0.5) is 5.69 Å². The van der Waals surface area contributed by atoms with E-state index in [0.29, 0.717) is 16.4 Å². The van der Waals surface area contributed by atoms with Crippen molar-refractivity contribution in [3.05, 3.63) is 108 Å². The van der Waals surface area contributed by atoms with E-state index in [1.54, 1.807) is 24.4 Å². The van der Waals surface area contributed by atoms with Gasteiger partial charge in [-0.3, -0.25) is 5.43 Å². The first-order valence-electron chi connectivity index (χ1n) is 10.1. The topological polar surface area (TPSA) is 62.7 Å². The van der Waals surface area contributed by atoms with E-state index in [1.165, 1.54) is 0 Å². The Morgan fingerprint density at radius 2 is 1.69 bits per heavy atom. The molecule has 0 aliphatic rings. The lowest BCUT2D eigenvalue weighted by molar-refractivity contribution is 0.0737. The van der Waals surface area contributed by atoms with Crippen LogP contribution in [0.5, 0.6) is 5.75 Å². The van der Waals surface area contributed by atoms with E-state index in [1.807, 2.05) is 79.7 Å². The van der Waals surface area contributed by atoms with Crippen LogP contribution < -0.4 is 15.5 Å². The highest BCUT2D eigenvalue weighted by Crippen LogP contribution is 2.21. The second-order valence-electron chi connectivity index (χ2n) is 7.18. The summed E-state index contributed by atoms with van der Waals surface area (Å²) in [6.07, 6.45) is 1.64. The van der Waals surface area contributed by atoms with Crippen LogP contribution in [0.2, 0.25) is 0 Å². The maximum atomic E-state index is 12.7. The van der Waals surface area contributed by atoms with Crippen LogP contribution in [0.15, 0.2) is 96.1 Å². The van der Waals surface area contributed by atoms with Gasteiger partial charge in [0.15, 0.2) is 5.11 Å². The standard InChI is InChI=1S/C26H21N3O2S/c1-18-6-4-9-21(16-18)28-26(32)29-27-17-19-12-14-22(15-13-19)31-25(30)24-11-5-8-20-7-2-3-10-23(20)24/h2-17H,1H3,(H2,28,29,32)/b27-17-. The third-order valence-corrected chi connectivity index (χ3v) is 4.95. The van der Waals surface area contributed by atoms with Gasteiger partial charge >= 0.3 is 5.97 Å². The molecule has 0 saturated heterocycles. The number of hydrazone groups is 1. The maximum Gasteiger partial charge on any atom is 0.344 e. The Kier molecular flexibility index (Phi) is 6.53. The minimum Gasteiger partial charge on any atom is -0.423 e. The van der Waals surface area contributed by atoms with Gasteiger partial charge in [-0.15, -0.1) is 0 Å². The average molecular weight is 440 g/mol. The van der Waals surface area contributed by atoms with E-state index in [-0.39, 0.29) is 0 Å². The summed E-state index contributed by atoms with van der Waals surface area (Å²) in [5, 5.41) is 9.48. The van der Waals surface area contributed by atoms with Crippen molar-refractivity contribution < 1.29 is 9.53 Å². The number of thiocarbonyl (C=S) groups is 1. The number of hydrogen-bond acceptors (Lipinski definition) is 4. The first-order chi connectivity index (χ1) is 15.6. The largest absolute Gasteiger partial charge is 0.423 e. The summed E-state index contributed by atoms with van der Waals surface area (Å²) in [6.45, 7) is 2.02. The molecule has 0 spiro atoms. The van der Waals surface area contributed by atoms with Gasteiger partial charge in [-0.1, -0.05) is 48.5 Å². The fourth-order valence-electron chi connectivity index (χ4n) is 3.23. The predicted molar refractivity (Wildman–Crippen MR) is 133 cm³/mol. The Morgan fingerprint density at radius 3 is 2.50 bits per heavy atom. The molecule has 0 aromatic heterocycles. The highest BCUT2D eigenvalue weighted by atomic mass is 32.1. The number of carbonyl (C=O) groups is 1. The van der Waals surface area contributed by atoms with E-state index in [9.17, 15) is 4.79 Å². The molecular weight excluding hydrogens is 418 g/mol. The molecule has 4 rings (SSSR count). The van der Waals surface area contributed by atoms with Crippen LogP contribution in [0.3, 0.4) is 0 Å². The zero-order valence-corrected chi connectivity index (χ0v) is 18.2. The SMILES string of the molecule is Cc1cccc(NC(=S)N/N=C\c2ccc(OC(=O)c3cccc4ccccc34)cc2)c1. The number of aryl methyl sites for hydroxylation is 1. The number of rotatable bonds is 5. The number of hydrogen-bond donors (Lipinski definition) is 2. The molecule has 0 radical (unpaired) electrons. The Balaban J connectivity index is 1.34. The Bertz CT molecular complexity index is 1290. The molecule has 4 aromatic rings. The van der Waals surface area contributed by atoms with E-state index >= 15 is 0 Å². The first-order valence-corrected chi connectivity index (χ1v) is 10.5. The van der Waals surface area contributed by atoms with Gasteiger partial charge < -0.3 is 10.1 Å². The van der Waals surface area contributed by atoms with Crippen LogP contribution in [0.25, 0.3) is 10.8 Å². The molecule has 4 aromatic carbocycles. The van der Waals surface area contributed by atoms with Crippen LogP contribution >= 0.6 is 12.2 Å². The Morgan fingerprint density at radius 1 is 0.938 bits per heavy atom. The van der Waals surface area contributed by atoms with Gasteiger partial charge in [0.1, 0.15) is 5.75 Å². The Labute approximate surface area is 191 Å². The average Bonchev–Trinajstić information content (AvgIpc) is 2.80. The van der Waals surface area contributed by atoms with Crippen molar-refractivity contribution in [1.82, 2.24) is 5.43 Å². The summed E-state index contributed by atoms with van der Waals surface area (Å²) in [7, 11) is 0. The fourth-order valence-corrected chi connectivity index (χ4v) is 3.41. The molecule has 0 bridgehead atoms. The third kappa shape index (κ3) is 5.36. The van der Waals surface area contributed by atoms with Crippen LogP contribution in [0.1, 0.15) is 21.5 Å². The zero-order valence-electron chi connectivity index (χ0n) is 17.4. The molecule has 32 heavy (non-hydrogen) atoms. The van der Waals surface area contributed by atoms with E-state index in [2.05, 4.69) is 15.8 Å². The molecule has 0 amide bonds. The second-order valence-corrected chi connectivity index (χ2v) is 7.59. The van der Waals surface area contributed by atoms with Gasteiger partial charge in [0.2, 0.25) is 0 Å². The third-order valence-electron chi connectivity index (χ3n) is 4.76. The van der Waals surface area contributed by atoms with E-state index in [4.69, 9.17) is 17.0 Å². The van der Waals surface area contributed by atoms with Crippen molar-refractivity contribution in [2.24, 2.45) is 5.10 Å². The minimum absolute atomic E-state index is 0.391. The summed E-state index contributed by atoms with van der Waals surface area (Å²) < 4.78 is 5.55. The molecule has 6 heteroatoms. The highest BCUT2D eigenvalue weighted by molar-refractivity contribution is 7.80. The van der Waals surface area contributed by atoms with Crippen molar-refractivity contribution in [2.75, 3.05) is 5.32 Å². The lowest BCUT2D eigenvalue weighted by atomic mass is 10.0. The van der Waals surface area contributed by atoms with Crippen molar-refractivity contribution in [2.45, 2.75) is 6.92 Å². The number of fused-ring (bicyclic) bond motifs is 1. The number of ether oxygens (including phenoxy) is 1. The number of anilines is 1. The predicted octanol–water partition coefficient (Wildman–Crippen LogP) is 5.69. The molecule has 0 aliphatic heterocycles. The van der Waals surface area contributed by atoms with Gasteiger partial charge in [-0.25, -0.2) is 4.79 Å². The second kappa shape index (κ2) is 9.85. The quantitative estimate of drug-likeness (QED) is 0.138. The fraction of sp³-hybridized carbons (Fsp3) is 0.0385. The van der Waals surface area contributed by atoms with Gasteiger partial charge in [0.25, 0.3) is 0 Å². The van der Waals surface area contributed by atoms with Gasteiger partial charge in [-0.2, -0.15) is 5.10 Å². The van der Waals surface area contributed by atoms with E-state index < -0.39 is 5.97 Å². The molecule has 5 nitrogen and oxygen atoms in total. The van der Waals surface area contributed by atoms with E-state index in [0.717, 1.165) is 27.6 Å². The first kappa shape index (κ1) is 21.2. The van der Waals surface area contributed by atoms with Gasteiger partial charge in [0.05, 0.1) is 11.8 Å². The minimum atomic E-state index is -0.391. The Hall–Kier alpha value is -4.03. The molecule has 0 heterocycles. The van der Waals surface area contributed by atoms with Crippen molar-refractivity contribution in [3.63, 3.8) is 0 Å². The molecule has 158 valence electrons.